The molecule has 0 aliphatic rings. The van der Waals surface area contributed by atoms with Crippen molar-refractivity contribution in [3.8, 4) is 0 Å². The quantitative estimate of drug-likeness (QED) is 0.725. The molecule has 0 aromatic heterocycles. The van der Waals surface area contributed by atoms with Crippen molar-refractivity contribution in [2.75, 3.05) is 18.4 Å². The fourth-order valence-electron chi connectivity index (χ4n) is 2.23. The predicted octanol–water partition coefficient (Wildman–Crippen LogP) is 4.93. The SMILES string of the molecule is CC(C)(C)OC(=O)NCCCNc1ccc(Br)c2ccccc12. The second-order valence-corrected chi connectivity index (χ2v) is 7.20. The minimum atomic E-state index is -0.460. The molecule has 2 aromatic rings. The van der Waals surface area contributed by atoms with E-state index in [1.165, 1.54) is 10.8 Å². The molecule has 0 fully saturated rings. The molecule has 4 nitrogen and oxygen atoms in total. The highest BCUT2D eigenvalue weighted by Gasteiger charge is 2.15. The molecule has 0 aliphatic carbocycles. The number of hydrogen-bond donors (Lipinski definition) is 2. The van der Waals surface area contributed by atoms with Gasteiger partial charge in [0.15, 0.2) is 0 Å². The summed E-state index contributed by atoms with van der Waals surface area (Å²) in [4.78, 5) is 11.5. The molecular weight excluding hydrogens is 356 g/mol. The van der Waals surface area contributed by atoms with E-state index in [-0.39, 0.29) is 6.09 Å². The summed E-state index contributed by atoms with van der Waals surface area (Å²) in [6, 6.07) is 12.4. The average Bonchev–Trinajstić information content (AvgIpc) is 2.47. The maximum atomic E-state index is 11.5. The van der Waals surface area contributed by atoms with Gasteiger partial charge < -0.3 is 15.4 Å². The number of ether oxygens (including phenoxy) is 1. The van der Waals surface area contributed by atoms with Crippen LogP contribution >= 0.6 is 15.9 Å². The molecule has 124 valence electrons. The van der Waals surface area contributed by atoms with Gasteiger partial charge in [0.25, 0.3) is 0 Å². The van der Waals surface area contributed by atoms with Crippen LogP contribution in [-0.4, -0.2) is 24.8 Å². The van der Waals surface area contributed by atoms with E-state index in [2.05, 4.69) is 44.8 Å². The molecule has 0 spiro atoms. The fraction of sp³-hybridized carbons (Fsp3) is 0.389. The molecule has 0 bridgehead atoms. The van der Waals surface area contributed by atoms with Crippen molar-refractivity contribution in [1.29, 1.82) is 0 Å². The summed E-state index contributed by atoms with van der Waals surface area (Å²) in [5.74, 6) is 0. The van der Waals surface area contributed by atoms with Crippen molar-refractivity contribution < 1.29 is 9.53 Å². The number of rotatable bonds is 5. The molecule has 0 unspecified atom stereocenters. The minimum Gasteiger partial charge on any atom is -0.444 e. The molecule has 0 saturated heterocycles. The number of nitrogens with one attached hydrogen (secondary N) is 2. The van der Waals surface area contributed by atoms with E-state index in [0.29, 0.717) is 6.54 Å². The van der Waals surface area contributed by atoms with Gasteiger partial charge in [-0.25, -0.2) is 4.79 Å². The van der Waals surface area contributed by atoms with Gasteiger partial charge in [0.2, 0.25) is 0 Å². The third kappa shape index (κ3) is 5.43. The molecule has 2 aromatic carbocycles. The Morgan fingerprint density at radius 3 is 2.48 bits per heavy atom. The van der Waals surface area contributed by atoms with Gasteiger partial charge in [-0.3, -0.25) is 0 Å². The summed E-state index contributed by atoms with van der Waals surface area (Å²) in [6.45, 7) is 6.92. The van der Waals surface area contributed by atoms with Crippen LogP contribution in [0.5, 0.6) is 0 Å². The number of fused-ring (bicyclic) bond motifs is 1. The van der Waals surface area contributed by atoms with E-state index >= 15 is 0 Å². The normalized spacial score (nSPS) is 11.3. The van der Waals surface area contributed by atoms with Crippen LogP contribution in [0.25, 0.3) is 10.8 Å². The van der Waals surface area contributed by atoms with E-state index in [1.54, 1.807) is 0 Å². The second-order valence-electron chi connectivity index (χ2n) is 6.35. The lowest BCUT2D eigenvalue weighted by Crippen LogP contribution is -2.33. The van der Waals surface area contributed by atoms with Gasteiger partial charge in [0.1, 0.15) is 5.60 Å². The number of halogens is 1. The van der Waals surface area contributed by atoms with Gasteiger partial charge in [-0.05, 0) is 44.7 Å². The molecule has 0 heterocycles. The van der Waals surface area contributed by atoms with Crippen molar-refractivity contribution in [2.24, 2.45) is 0 Å². The van der Waals surface area contributed by atoms with Gasteiger partial charge in [-0.1, -0.05) is 40.2 Å². The highest BCUT2D eigenvalue weighted by atomic mass is 79.9. The number of carbonyl (C=O) groups excluding carboxylic acids is 1. The zero-order valence-corrected chi connectivity index (χ0v) is 15.4. The van der Waals surface area contributed by atoms with Crippen molar-refractivity contribution in [1.82, 2.24) is 5.32 Å². The molecule has 0 aliphatic heterocycles. The van der Waals surface area contributed by atoms with Gasteiger partial charge in [0.05, 0.1) is 0 Å². The Morgan fingerprint density at radius 1 is 1.09 bits per heavy atom. The third-order valence-corrected chi connectivity index (χ3v) is 3.90. The topological polar surface area (TPSA) is 50.4 Å². The standard InChI is InChI=1S/C18H23BrN2O2/c1-18(2,3)23-17(22)21-12-6-11-20-16-10-9-15(19)13-7-4-5-8-14(13)16/h4-5,7-10,20H,6,11-12H2,1-3H3,(H,21,22). The number of alkyl carbamates (subject to hydrolysis) is 1. The van der Waals surface area contributed by atoms with E-state index in [0.717, 1.165) is 23.1 Å². The fourth-order valence-corrected chi connectivity index (χ4v) is 2.71. The van der Waals surface area contributed by atoms with Crippen LogP contribution in [0.1, 0.15) is 27.2 Å². The summed E-state index contributed by atoms with van der Waals surface area (Å²) >= 11 is 3.57. The van der Waals surface area contributed by atoms with Gasteiger partial charge in [-0.2, -0.15) is 0 Å². The first-order valence-electron chi connectivity index (χ1n) is 7.75. The Hall–Kier alpha value is -1.75. The first kappa shape index (κ1) is 17.6. The Balaban J connectivity index is 1.81. The van der Waals surface area contributed by atoms with E-state index in [1.807, 2.05) is 39.0 Å². The molecule has 5 heteroatoms. The Kier molecular flexibility index (Phi) is 5.88. The molecule has 2 rings (SSSR count). The second kappa shape index (κ2) is 7.68. The monoisotopic (exact) mass is 378 g/mol. The summed E-state index contributed by atoms with van der Waals surface area (Å²) in [5, 5.41) is 8.55. The maximum absolute atomic E-state index is 11.5. The van der Waals surface area contributed by atoms with Crippen LogP contribution in [0, 0.1) is 0 Å². The average molecular weight is 379 g/mol. The lowest BCUT2D eigenvalue weighted by Gasteiger charge is -2.19. The number of benzene rings is 2. The van der Waals surface area contributed by atoms with Crippen LogP contribution in [0.4, 0.5) is 10.5 Å². The van der Waals surface area contributed by atoms with Gasteiger partial charge >= 0.3 is 6.09 Å². The van der Waals surface area contributed by atoms with E-state index in [4.69, 9.17) is 4.74 Å². The molecule has 0 radical (unpaired) electrons. The number of amides is 1. The van der Waals surface area contributed by atoms with Crippen molar-refractivity contribution in [3.05, 3.63) is 40.9 Å². The summed E-state index contributed by atoms with van der Waals surface area (Å²) in [5.41, 5.74) is 0.639. The van der Waals surface area contributed by atoms with Crippen LogP contribution in [0.15, 0.2) is 40.9 Å². The van der Waals surface area contributed by atoms with Gasteiger partial charge in [-0.15, -0.1) is 0 Å². The summed E-state index contributed by atoms with van der Waals surface area (Å²) in [7, 11) is 0. The third-order valence-electron chi connectivity index (χ3n) is 3.21. The molecular formula is C18H23BrN2O2. The van der Waals surface area contributed by atoms with Crippen molar-refractivity contribution in [2.45, 2.75) is 32.8 Å². The zero-order valence-electron chi connectivity index (χ0n) is 13.8. The summed E-state index contributed by atoms with van der Waals surface area (Å²) in [6.07, 6.45) is 0.454. The molecule has 23 heavy (non-hydrogen) atoms. The van der Waals surface area contributed by atoms with Crippen LogP contribution in [0.3, 0.4) is 0 Å². The maximum Gasteiger partial charge on any atom is 0.407 e. The minimum absolute atomic E-state index is 0.369. The Bertz CT molecular complexity index is 680. The van der Waals surface area contributed by atoms with Crippen LogP contribution in [-0.2, 0) is 4.74 Å². The van der Waals surface area contributed by atoms with Gasteiger partial charge in [0, 0.05) is 28.6 Å². The van der Waals surface area contributed by atoms with E-state index < -0.39 is 5.60 Å². The molecule has 0 atom stereocenters. The smallest absolute Gasteiger partial charge is 0.407 e. The number of hydrogen-bond acceptors (Lipinski definition) is 3. The highest BCUT2D eigenvalue weighted by Crippen LogP contribution is 2.29. The number of carbonyl (C=O) groups is 1. The Labute approximate surface area is 145 Å². The van der Waals surface area contributed by atoms with E-state index in [9.17, 15) is 4.79 Å². The highest BCUT2D eigenvalue weighted by molar-refractivity contribution is 9.10. The zero-order chi connectivity index (χ0) is 16.9. The summed E-state index contributed by atoms with van der Waals surface area (Å²) < 4.78 is 6.29. The lowest BCUT2D eigenvalue weighted by molar-refractivity contribution is 0.0528. The largest absolute Gasteiger partial charge is 0.444 e. The first-order valence-corrected chi connectivity index (χ1v) is 8.54. The lowest BCUT2D eigenvalue weighted by atomic mass is 10.1. The first-order chi connectivity index (χ1) is 10.9. The number of anilines is 1. The Morgan fingerprint density at radius 2 is 1.78 bits per heavy atom. The molecule has 2 N–H and O–H groups in total. The van der Waals surface area contributed by atoms with Crippen molar-refractivity contribution in [3.63, 3.8) is 0 Å². The molecule has 1 amide bonds. The van der Waals surface area contributed by atoms with Crippen LogP contribution in [0.2, 0.25) is 0 Å². The predicted molar refractivity (Wildman–Crippen MR) is 99.0 cm³/mol. The van der Waals surface area contributed by atoms with Crippen molar-refractivity contribution >= 4 is 38.5 Å². The molecule has 0 saturated carbocycles. The van der Waals surface area contributed by atoms with Crippen LogP contribution < -0.4 is 10.6 Å².